The van der Waals surface area contributed by atoms with Crippen molar-refractivity contribution in [1.29, 1.82) is 0 Å². The van der Waals surface area contributed by atoms with Crippen LogP contribution in [0.1, 0.15) is 44.9 Å². The molecule has 3 aromatic rings. The minimum Gasteiger partial charge on any atom is -1.00 e. The summed E-state index contributed by atoms with van der Waals surface area (Å²) < 4.78 is 7.74. The number of benzene rings is 2. The number of allylic oxidation sites excluding steroid dienone is 1. The summed E-state index contributed by atoms with van der Waals surface area (Å²) in [6.07, 6.45) is 8.89. The lowest BCUT2D eigenvalue weighted by Gasteiger charge is -2.34. The van der Waals surface area contributed by atoms with Gasteiger partial charge in [0.25, 0.3) is 0 Å². The maximum absolute atomic E-state index is 5.41. The molecule has 0 fully saturated rings. The summed E-state index contributed by atoms with van der Waals surface area (Å²) in [5.41, 5.74) is 6.10. The molecule has 0 unspecified atom stereocenters. The van der Waals surface area contributed by atoms with Crippen molar-refractivity contribution in [3.8, 4) is 5.75 Å². The molecular weight excluding hydrogens is 483 g/mol. The number of pyridine rings is 1. The van der Waals surface area contributed by atoms with E-state index in [1.54, 1.807) is 7.11 Å². The Bertz CT molecular complexity index is 1120. The minimum absolute atomic E-state index is 0. The molecule has 2 aromatic carbocycles. The van der Waals surface area contributed by atoms with E-state index in [-0.39, 0.29) is 24.0 Å². The van der Waals surface area contributed by atoms with Gasteiger partial charge in [-0.1, -0.05) is 18.2 Å². The van der Waals surface area contributed by atoms with Crippen LogP contribution in [0.15, 0.2) is 66.5 Å². The molecule has 0 aliphatic carbocycles. The molecule has 0 bridgehead atoms. The van der Waals surface area contributed by atoms with Gasteiger partial charge in [-0.25, -0.2) is 0 Å². The van der Waals surface area contributed by atoms with E-state index in [2.05, 4.69) is 104 Å². The van der Waals surface area contributed by atoms with Gasteiger partial charge in [0.15, 0.2) is 12.2 Å². The summed E-state index contributed by atoms with van der Waals surface area (Å²) in [4.78, 5) is 2.40. The number of halogens is 1. The highest BCUT2D eigenvalue weighted by atomic mass is 127. The summed E-state index contributed by atoms with van der Waals surface area (Å²) >= 11 is 0. The Morgan fingerprint density at radius 3 is 2.43 bits per heavy atom. The van der Waals surface area contributed by atoms with Crippen molar-refractivity contribution in [2.24, 2.45) is 0 Å². The van der Waals surface area contributed by atoms with Crippen LogP contribution in [-0.4, -0.2) is 13.2 Å². The first kappa shape index (κ1) is 22.3. The highest BCUT2D eigenvalue weighted by molar-refractivity contribution is 5.89. The number of ether oxygens (including phenoxy) is 1. The first-order valence-electron chi connectivity index (χ1n) is 10.3. The van der Waals surface area contributed by atoms with Crippen LogP contribution >= 0.6 is 0 Å². The number of hydrogen-bond acceptors (Lipinski definition) is 2. The Kier molecular flexibility index (Phi) is 6.86. The number of anilines is 1. The van der Waals surface area contributed by atoms with Gasteiger partial charge in [0.1, 0.15) is 5.75 Å². The van der Waals surface area contributed by atoms with Crippen LogP contribution in [0.2, 0.25) is 0 Å². The minimum atomic E-state index is 0. The Balaban J connectivity index is 0.00000256. The molecule has 0 radical (unpaired) electrons. The summed E-state index contributed by atoms with van der Waals surface area (Å²) in [6.45, 7) is 8.91. The van der Waals surface area contributed by atoms with Crippen LogP contribution < -0.4 is 38.2 Å². The Hall–Kier alpha value is -2.34. The normalized spacial score (nSPS) is 14.4. The zero-order valence-corrected chi connectivity index (χ0v) is 20.4. The predicted octanol–water partition coefficient (Wildman–Crippen LogP) is 3.00. The van der Waals surface area contributed by atoms with Crippen molar-refractivity contribution in [3.05, 3.63) is 77.6 Å². The van der Waals surface area contributed by atoms with E-state index < -0.39 is 0 Å². The van der Waals surface area contributed by atoms with E-state index in [4.69, 9.17) is 4.74 Å². The van der Waals surface area contributed by atoms with Gasteiger partial charge in [-0.3, -0.25) is 0 Å². The molecule has 30 heavy (non-hydrogen) atoms. The number of fused-ring (bicyclic) bond motifs is 2. The number of hydrogen-bond donors (Lipinski definition) is 0. The monoisotopic (exact) mass is 512 g/mol. The molecule has 2 heterocycles. The van der Waals surface area contributed by atoms with Gasteiger partial charge in [-0.2, -0.15) is 4.57 Å². The van der Waals surface area contributed by atoms with Gasteiger partial charge < -0.3 is 33.6 Å². The molecule has 0 N–H and O–H groups in total. The number of methoxy groups -OCH3 is 1. The lowest BCUT2D eigenvalue weighted by Crippen LogP contribution is -3.00. The molecule has 0 amide bonds. The fraction of sp³-hybridized carbons (Fsp3) is 0.269. The van der Waals surface area contributed by atoms with Crippen molar-refractivity contribution in [2.75, 3.05) is 12.0 Å². The largest absolute Gasteiger partial charge is 1.00 e. The maximum Gasteiger partial charge on any atom is 0.213 e. The number of nitrogens with zero attached hydrogens (tertiary/aromatic N) is 2. The van der Waals surface area contributed by atoms with Crippen molar-refractivity contribution < 1.29 is 33.3 Å². The van der Waals surface area contributed by atoms with Crippen LogP contribution in [-0.2, 0) is 0 Å². The quantitative estimate of drug-likeness (QED) is 0.395. The highest BCUT2D eigenvalue weighted by Crippen LogP contribution is 2.36. The van der Waals surface area contributed by atoms with Gasteiger partial charge in [0.05, 0.1) is 12.5 Å². The molecule has 156 valence electrons. The Morgan fingerprint density at radius 1 is 0.967 bits per heavy atom. The van der Waals surface area contributed by atoms with Gasteiger partial charge in [-0.05, 0) is 69.7 Å². The van der Waals surface area contributed by atoms with Crippen LogP contribution in [0, 0.1) is 0 Å². The standard InChI is InChI=1S/C26H29N2O.HI/c1-18(2)27-15-14-20(24-8-6-7-9-26(24)27)16-22-11-10-21-17-23(29-5)12-13-25(21)28(22)19(3)4;/h6-19H,1-5H3;1H/q+1;/p-1. The van der Waals surface area contributed by atoms with Crippen LogP contribution in [0.3, 0.4) is 0 Å². The first-order valence-corrected chi connectivity index (χ1v) is 10.3. The molecule has 0 saturated heterocycles. The van der Waals surface area contributed by atoms with Crippen LogP contribution in [0.4, 0.5) is 5.69 Å². The third kappa shape index (κ3) is 4.10. The molecule has 0 spiro atoms. The number of para-hydroxylation sites is 1. The van der Waals surface area contributed by atoms with Gasteiger partial charge in [0, 0.05) is 35.1 Å². The third-order valence-electron chi connectivity index (χ3n) is 5.49. The van der Waals surface area contributed by atoms with E-state index in [0.717, 1.165) is 5.75 Å². The smallest absolute Gasteiger partial charge is 0.213 e. The molecular formula is C26H29IN2O. The summed E-state index contributed by atoms with van der Waals surface area (Å²) in [7, 11) is 1.71. The fourth-order valence-electron chi connectivity index (χ4n) is 4.11. The molecule has 1 aromatic heterocycles. The van der Waals surface area contributed by atoms with Crippen molar-refractivity contribution in [3.63, 3.8) is 0 Å². The highest BCUT2D eigenvalue weighted by Gasteiger charge is 2.22. The van der Waals surface area contributed by atoms with E-state index in [0.29, 0.717) is 12.1 Å². The van der Waals surface area contributed by atoms with Gasteiger partial charge >= 0.3 is 0 Å². The van der Waals surface area contributed by atoms with Crippen LogP contribution in [0.25, 0.3) is 23.1 Å². The van der Waals surface area contributed by atoms with E-state index in [9.17, 15) is 0 Å². The molecule has 4 rings (SSSR count). The Morgan fingerprint density at radius 2 is 1.73 bits per heavy atom. The van der Waals surface area contributed by atoms with Gasteiger partial charge in [0.2, 0.25) is 5.52 Å². The average Bonchev–Trinajstić information content (AvgIpc) is 2.72. The maximum atomic E-state index is 5.41. The molecule has 1 aliphatic heterocycles. The summed E-state index contributed by atoms with van der Waals surface area (Å²) in [6, 6.07) is 17.9. The Labute approximate surface area is 196 Å². The van der Waals surface area contributed by atoms with Gasteiger partial charge in [-0.15, -0.1) is 0 Å². The second kappa shape index (κ2) is 9.21. The molecule has 1 aliphatic rings. The first-order chi connectivity index (χ1) is 14.0. The van der Waals surface area contributed by atoms with E-state index >= 15 is 0 Å². The summed E-state index contributed by atoms with van der Waals surface area (Å²) in [5.74, 6) is 0.886. The van der Waals surface area contributed by atoms with Crippen LogP contribution in [0.5, 0.6) is 5.75 Å². The molecule has 3 nitrogen and oxygen atoms in total. The topological polar surface area (TPSA) is 16.4 Å². The zero-order chi connectivity index (χ0) is 20.5. The van der Waals surface area contributed by atoms with E-state index in [1.807, 2.05) is 6.07 Å². The number of rotatable bonds is 4. The third-order valence-corrected chi connectivity index (χ3v) is 5.49. The molecule has 0 saturated carbocycles. The molecule has 0 atom stereocenters. The van der Waals surface area contributed by atoms with E-state index in [1.165, 1.54) is 33.4 Å². The van der Waals surface area contributed by atoms with Crippen molar-refractivity contribution in [1.82, 2.24) is 0 Å². The zero-order valence-electron chi connectivity index (χ0n) is 18.3. The van der Waals surface area contributed by atoms with Crippen molar-refractivity contribution >= 4 is 28.7 Å². The SMILES string of the molecule is COc1ccc2c(c1)C=C/C(=C/c1cc[n+](C(C)C)c3ccccc13)N2C(C)C.[I-]. The fourth-order valence-corrected chi connectivity index (χ4v) is 4.11. The van der Waals surface area contributed by atoms with Crippen molar-refractivity contribution in [2.45, 2.75) is 39.8 Å². The summed E-state index contributed by atoms with van der Waals surface area (Å²) in [5, 5.41) is 1.27. The second-order valence-corrected chi connectivity index (χ2v) is 8.08. The predicted molar refractivity (Wildman–Crippen MR) is 122 cm³/mol. The lowest BCUT2D eigenvalue weighted by molar-refractivity contribution is -0.691. The lowest BCUT2D eigenvalue weighted by atomic mass is 10.0. The average molecular weight is 512 g/mol. The second-order valence-electron chi connectivity index (χ2n) is 8.08. The number of aromatic nitrogens is 1. The molecule has 4 heteroatoms.